The van der Waals surface area contributed by atoms with E-state index in [1.165, 1.54) is 51.7 Å². The Labute approximate surface area is 105 Å². The molecule has 3 fully saturated rings. The third kappa shape index (κ3) is 2.83. The van der Waals surface area contributed by atoms with Gasteiger partial charge in [0, 0.05) is 18.7 Å². The third-order valence-electron chi connectivity index (χ3n) is 4.71. The van der Waals surface area contributed by atoms with E-state index in [1.807, 2.05) is 0 Å². The molecular formula is C14H26N2O. The molecule has 2 atom stereocenters. The molecule has 3 nitrogen and oxygen atoms in total. The minimum Gasteiger partial charge on any atom is -0.376 e. The first-order valence-corrected chi connectivity index (χ1v) is 7.47. The number of hydrogen-bond acceptors (Lipinski definition) is 3. The monoisotopic (exact) mass is 238 g/mol. The second-order valence-electron chi connectivity index (χ2n) is 5.94. The Kier molecular flexibility index (Phi) is 3.69. The lowest BCUT2D eigenvalue weighted by atomic mass is 10.00. The molecule has 0 aromatic heterocycles. The van der Waals surface area contributed by atoms with Gasteiger partial charge in [-0.3, -0.25) is 0 Å². The number of rotatable bonds is 4. The van der Waals surface area contributed by atoms with Gasteiger partial charge in [-0.1, -0.05) is 6.92 Å². The molecule has 3 aliphatic rings. The van der Waals surface area contributed by atoms with Gasteiger partial charge in [0.2, 0.25) is 0 Å². The second-order valence-corrected chi connectivity index (χ2v) is 5.94. The first-order chi connectivity index (χ1) is 8.36. The third-order valence-corrected chi connectivity index (χ3v) is 4.71. The highest BCUT2D eigenvalue weighted by Gasteiger charge is 2.41. The maximum atomic E-state index is 5.90. The van der Waals surface area contributed by atoms with Crippen molar-refractivity contribution >= 4 is 0 Å². The standard InChI is InChI=1S/C14H26N2O/c1-2-16-8-5-12(6-9-16)15-13-7-10-17-14(13)11-3-4-11/h11-15H,2-10H2,1H3. The molecule has 1 N–H and O–H groups in total. The Morgan fingerprint density at radius 1 is 1.12 bits per heavy atom. The Bertz CT molecular complexity index is 247. The number of likely N-dealkylation sites (tertiary alicyclic amines) is 1. The summed E-state index contributed by atoms with van der Waals surface area (Å²) >= 11 is 0. The predicted molar refractivity (Wildman–Crippen MR) is 69.1 cm³/mol. The lowest BCUT2D eigenvalue weighted by Gasteiger charge is -2.34. The smallest absolute Gasteiger partial charge is 0.0757 e. The summed E-state index contributed by atoms with van der Waals surface area (Å²) in [6, 6.07) is 1.39. The van der Waals surface area contributed by atoms with E-state index in [-0.39, 0.29) is 0 Å². The van der Waals surface area contributed by atoms with Crippen LogP contribution >= 0.6 is 0 Å². The molecule has 0 spiro atoms. The van der Waals surface area contributed by atoms with Gasteiger partial charge in [-0.2, -0.15) is 0 Å². The van der Waals surface area contributed by atoms with E-state index in [0.29, 0.717) is 12.1 Å². The molecule has 17 heavy (non-hydrogen) atoms. The largest absolute Gasteiger partial charge is 0.376 e. The van der Waals surface area contributed by atoms with Crippen LogP contribution in [0.3, 0.4) is 0 Å². The fourth-order valence-electron chi connectivity index (χ4n) is 3.40. The summed E-state index contributed by atoms with van der Waals surface area (Å²) in [6.07, 6.45) is 7.21. The number of ether oxygens (including phenoxy) is 1. The van der Waals surface area contributed by atoms with Gasteiger partial charge in [0.25, 0.3) is 0 Å². The number of nitrogens with zero attached hydrogens (tertiary/aromatic N) is 1. The van der Waals surface area contributed by atoms with Crippen molar-refractivity contribution in [3.05, 3.63) is 0 Å². The fraction of sp³-hybridized carbons (Fsp3) is 1.00. The summed E-state index contributed by atoms with van der Waals surface area (Å²) in [5.74, 6) is 0.880. The van der Waals surface area contributed by atoms with Crippen molar-refractivity contribution in [3.8, 4) is 0 Å². The number of hydrogen-bond donors (Lipinski definition) is 1. The van der Waals surface area contributed by atoms with Crippen LogP contribution in [0.5, 0.6) is 0 Å². The summed E-state index contributed by atoms with van der Waals surface area (Å²) in [4.78, 5) is 2.56. The molecule has 2 heterocycles. The molecule has 1 aliphatic carbocycles. The van der Waals surface area contributed by atoms with Crippen LogP contribution in [0.4, 0.5) is 0 Å². The van der Waals surface area contributed by atoms with Crippen LogP contribution in [-0.2, 0) is 4.74 Å². The van der Waals surface area contributed by atoms with E-state index >= 15 is 0 Å². The molecule has 3 rings (SSSR count). The molecule has 2 unspecified atom stereocenters. The predicted octanol–water partition coefficient (Wildman–Crippen LogP) is 1.63. The summed E-state index contributed by atoms with van der Waals surface area (Å²) in [5.41, 5.74) is 0. The zero-order valence-corrected chi connectivity index (χ0v) is 11.0. The molecule has 2 aliphatic heterocycles. The molecule has 0 aromatic rings. The lowest BCUT2D eigenvalue weighted by Crippen LogP contribution is -2.48. The van der Waals surface area contributed by atoms with Crippen LogP contribution in [0.25, 0.3) is 0 Å². The van der Waals surface area contributed by atoms with E-state index in [9.17, 15) is 0 Å². The van der Waals surface area contributed by atoms with Crippen LogP contribution in [0.1, 0.15) is 39.0 Å². The quantitative estimate of drug-likeness (QED) is 0.805. The summed E-state index contributed by atoms with van der Waals surface area (Å²) in [5, 5.41) is 3.88. The van der Waals surface area contributed by atoms with Crippen LogP contribution in [0, 0.1) is 5.92 Å². The highest BCUT2D eigenvalue weighted by molar-refractivity contribution is 4.95. The Morgan fingerprint density at radius 2 is 1.88 bits per heavy atom. The van der Waals surface area contributed by atoms with Gasteiger partial charge in [0.05, 0.1) is 6.10 Å². The lowest BCUT2D eigenvalue weighted by molar-refractivity contribution is 0.0757. The highest BCUT2D eigenvalue weighted by atomic mass is 16.5. The molecule has 1 saturated carbocycles. The van der Waals surface area contributed by atoms with Crippen molar-refractivity contribution in [2.75, 3.05) is 26.2 Å². The Hall–Kier alpha value is -0.120. The zero-order valence-electron chi connectivity index (χ0n) is 11.0. The van der Waals surface area contributed by atoms with Crippen molar-refractivity contribution in [2.45, 2.75) is 57.2 Å². The van der Waals surface area contributed by atoms with Crippen molar-refractivity contribution in [2.24, 2.45) is 5.92 Å². The van der Waals surface area contributed by atoms with Crippen molar-refractivity contribution in [1.82, 2.24) is 10.2 Å². The zero-order chi connectivity index (χ0) is 11.7. The first-order valence-electron chi connectivity index (χ1n) is 7.47. The SMILES string of the molecule is CCN1CCC(NC2CCOC2C2CC2)CC1. The van der Waals surface area contributed by atoms with Crippen LogP contribution in [-0.4, -0.2) is 49.3 Å². The first kappa shape index (κ1) is 11.9. The van der Waals surface area contributed by atoms with Crippen molar-refractivity contribution in [3.63, 3.8) is 0 Å². The minimum atomic E-state index is 0.541. The average Bonchev–Trinajstić information content (AvgIpc) is 3.11. The van der Waals surface area contributed by atoms with Crippen molar-refractivity contribution in [1.29, 1.82) is 0 Å². The fourth-order valence-corrected chi connectivity index (χ4v) is 3.40. The van der Waals surface area contributed by atoms with Crippen LogP contribution in [0.15, 0.2) is 0 Å². The molecule has 0 amide bonds. The topological polar surface area (TPSA) is 24.5 Å². The molecule has 2 saturated heterocycles. The molecule has 3 heteroatoms. The van der Waals surface area contributed by atoms with E-state index in [2.05, 4.69) is 17.1 Å². The van der Waals surface area contributed by atoms with Gasteiger partial charge in [0.15, 0.2) is 0 Å². The van der Waals surface area contributed by atoms with E-state index in [1.54, 1.807) is 0 Å². The molecule has 0 aromatic carbocycles. The van der Waals surface area contributed by atoms with Crippen LogP contribution in [0.2, 0.25) is 0 Å². The van der Waals surface area contributed by atoms with E-state index in [4.69, 9.17) is 4.74 Å². The van der Waals surface area contributed by atoms with Gasteiger partial charge >= 0.3 is 0 Å². The summed E-state index contributed by atoms with van der Waals surface area (Å²) in [6.45, 7) is 7.00. The summed E-state index contributed by atoms with van der Waals surface area (Å²) < 4.78 is 5.90. The average molecular weight is 238 g/mol. The van der Waals surface area contributed by atoms with E-state index < -0.39 is 0 Å². The molecule has 0 bridgehead atoms. The van der Waals surface area contributed by atoms with Crippen LogP contribution < -0.4 is 5.32 Å². The van der Waals surface area contributed by atoms with Gasteiger partial charge in [0.1, 0.15) is 0 Å². The van der Waals surface area contributed by atoms with Gasteiger partial charge in [-0.15, -0.1) is 0 Å². The maximum Gasteiger partial charge on any atom is 0.0757 e. The molecule has 0 radical (unpaired) electrons. The van der Waals surface area contributed by atoms with Crippen molar-refractivity contribution < 1.29 is 4.74 Å². The Balaban J connectivity index is 1.46. The highest BCUT2D eigenvalue weighted by Crippen LogP contribution is 2.39. The second kappa shape index (κ2) is 5.25. The minimum absolute atomic E-state index is 0.541. The normalized spacial score (nSPS) is 36.5. The summed E-state index contributed by atoms with van der Waals surface area (Å²) in [7, 11) is 0. The molecule has 98 valence electrons. The van der Waals surface area contributed by atoms with Gasteiger partial charge < -0.3 is 15.0 Å². The Morgan fingerprint density at radius 3 is 2.53 bits per heavy atom. The number of piperidine rings is 1. The maximum absolute atomic E-state index is 5.90. The van der Waals surface area contributed by atoms with E-state index in [0.717, 1.165) is 18.6 Å². The van der Waals surface area contributed by atoms with Gasteiger partial charge in [-0.05, 0) is 57.7 Å². The molecular weight excluding hydrogens is 212 g/mol. The van der Waals surface area contributed by atoms with Gasteiger partial charge in [-0.25, -0.2) is 0 Å². The number of nitrogens with one attached hydrogen (secondary N) is 1.